The van der Waals surface area contributed by atoms with Crippen LogP contribution in [0.1, 0.15) is 15.9 Å². The van der Waals surface area contributed by atoms with Crippen molar-refractivity contribution in [3.63, 3.8) is 0 Å². The SMILES string of the molecule is O=C([N-]/N=C/c1ccccc1)c1ccccc1[O-].[OH3+].[Zn+2]. The number of amides is 1. The van der Waals surface area contributed by atoms with E-state index in [9.17, 15) is 9.90 Å². The van der Waals surface area contributed by atoms with Gasteiger partial charge in [-0.3, -0.25) is 0 Å². The van der Waals surface area contributed by atoms with Crippen molar-refractivity contribution in [3.8, 4) is 5.75 Å². The van der Waals surface area contributed by atoms with Crippen molar-refractivity contribution in [1.82, 2.24) is 0 Å². The molecule has 1 amide bonds. The maximum Gasteiger partial charge on any atom is 2.00 e. The summed E-state index contributed by atoms with van der Waals surface area (Å²) in [6.07, 6.45) is 1.46. The molecule has 2 aromatic carbocycles. The van der Waals surface area contributed by atoms with Crippen molar-refractivity contribution >= 4 is 12.1 Å². The van der Waals surface area contributed by atoms with E-state index in [0.29, 0.717) is 0 Å². The Morgan fingerprint density at radius 2 is 1.65 bits per heavy atom. The number of para-hydroxylation sites is 1. The summed E-state index contributed by atoms with van der Waals surface area (Å²) in [5, 5.41) is 15.0. The van der Waals surface area contributed by atoms with E-state index in [1.807, 2.05) is 30.3 Å². The molecule has 3 N–H and O–H groups in total. The van der Waals surface area contributed by atoms with Crippen LogP contribution < -0.4 is 5.11 Å². The van der Waals surface area contributed by atoms with Crippen LogP contribution in [0.3, 0.4) is 0 Å². The smallest absolute Gasteiger partial charge is 0.872 e. The van der Waals surface area contributed by atoms with E-state index in [-0.39, 0.29) is 36.3 Å². The molecule has 0 unspecified atom stereocenters. The van der Waals surface area contributed by atoms with Crippen LogP contribution in [0.4, 0.5) is 0 Å². The molecule has 0 saturated carbocycles. The molecule has 0 spiro atoms. The monoisotopic (exact) mass is 321 g/mol. The fraction of sp³-hybridized carbons (Fsp3) is 0. The van der Waals surface area contributed by atoms with Gasteiger partial charge in [-0.1, -0.05) is 60.3 Å². The molecular formula is C14H13N2O3Zn+. The Balaban J connectivity index is 0.00000180. The second-order valence-electron chi connectivity index (χ2n) is 3.56. The van der Waals surface area contributed by atoms with Crippen molar-refractivity contribution in [2.45, 2.75) is 0 Å². The third kappa shape index (κ3) is 4.92. The maximum absolute atomic E-state index is 11.6. The van der Waals surface area contributed by atoms with E-state index in [2.05, 4.69) is 10.5 Å². The summed E-state index contributed by atoms with van der Waals surface area (Å²) in [5.74, 6) is -0.978. The summed E-state index contributed by atoms with van der Waals surface area (Å²) in [7, 11) is 0. The molecule has 0 aliphatic rings. The topological polar surface area (TPSA) is 99.6 Å². The van der Waals surface area contributed by atoms with Gasteiger partial charge in [0, 0.05) is 6.21 Å². The average molecular weight is 323 g/mol. The van der Waals surface area contributed by atoms with Crippen molar-refractivity contribution in [2.24, 2.45) is 5.10 Å². The Labute approximate surface area is 129 Å². The molecule has 0 aromatic heterocycles. The molecule has 0 heterocycles. The molecule has 0 radical (unpaired) electrons. The third-order valence-corrected chi connectivity index (χ3v) is 2.27. The Morgan fingerprint density at radius 1 is 1.05 bits per heavy atom. The number of rotatable bonds is 3. The number of hydrogen-bond donors (Lipinski definition) is 0. The Hall–Kier alpha value is -2.04. The molecule has 0 bridgehead atoms. The molecule has 6 heteroatoms. The molecule has 0 fully saturated rings. The van der Waals surface area contributed by atoms with Crippen LogP contribution in [0, 0.1) is 0 Å². The number of carbonyl (C=O) groups excluding carboxylic acids is 1. The Kier molecular flexibility index (Phi) is 8.05. The van der Waals surface area contributed by atoms with E-state index < -0.39 is 5.91 Å². The van der Waals surface area contributed by atoms with Crippen LogP contribution in [-0.4, -0.2) is 12.1 Å². The Morgan fingerprint density at radius 3 is 2.30 bits per heavy atom. The first-order valence-electron chi connectivity index (χ1n) is 5.37. The zero-order valence-corrected chi connectivity index (χ0v) is 13.7. The van der Waals surface area contributed by atoms with E-state index in [0.717, 1.165) is 5.56 Å². The van der Waals surface area contributed by atoms with Gasteiger partial charge in [-0.25, -0.2) is 0 Å². The van der Waals surface area contributed by atoms with Crippen molar-refractivity contribution in [3.05, 3.63) is 71.1 Å². The van der Waals surface area contributed by atoms with E-state index in [1.165, 1.54) is 18.3 Å². The maximum atomic E-state index is 11.6. The van der Waals surface area contributed by atoms with Crippen LogP contribution in [0.15, 0.2) is 59.7 Å². The Bertz CT molecular complexity index is 574. The molecule has 5 nitrogen and oxygen atoms in total. The standard InChI is InChI=1S/C14H12N2O2.H2O.Zn/c17-13-9-5-4-8-12(13)14(18)16-15-10-11-6-2-1-3-7-11;;/h1-10H,(H2,16,17,18);1H2;/q;;+2/p-1/b15-10+;;. The van der Waals surface area contributed by atoms with Gasteiger partial charge in [0.05, 0.1) is 5.91 Å². The number of carbonyl (C=O) groups is 1. The van der Waals surface area contributed by atoms with Gasteiger partial charge >= 0.3 is 19.5 Å². The summed E-state index contributed by atoms with van der Waals surface area (Å²) in [4.78, 5) is 11.6. The van der Waals surface area contributed by atoms with E-state index in [1.54, 1.807) is 12.1 Å². The number of nitrogens with zero attached hydrogens (tertiary/aromatic N) is 2. The number of hydrogen-bond acceptors (Lipinski definition) is 3. The van der Waals surface area contributed by atoms with Gasteiger partial charge < -0.3 is 25.9 Å². The largest absolute Gasteiger partial charge is 2.00 e. The normalized spacial score (nSPS) is 9.40. The zero-order valence-electron chi connectivity index (χ0n) is 10.8. The van der Waals surface area contributed by atoms with Crippen LogP contribution in [0.25, 0.3) is 5.43 Å². The zero-order chi connectivity index (χ0) is 12.8. The second kappa shape index (κ2) is 8.96. The minimum Gasteiger partial charge on any atom is -0.872 e. The molecule has 0 aliphatic carbocycles. The summed E-state index contributed by atoms with van der Waals surface area (Å²) < 4.78 is 0. The summed E-state index contributed by atoms with van der Waals surface area (Å²) in [6, 6.07) is 15.2. The fourth-order valence-electron chi connectivity index (χ4n) is 1.38. The summed E-state index contributed by atoms with van der Waals surface area (Å²) >= 11 is 0. The molecular weight excluding hydrogens is 310 g/mol. The van der Waals surface area contributed by atoms with Crippen molar-refractivity contribution in [2.75, 3.05) is 0 Å². The van der Waals surface area contributed by atoms with Gasteiger partial charge in [0.25, 0.3) is 0 Å². The third-order valence-electron chi connectivity index (χ3n) is 2.27. The minimum atomic E-state index is -0.632. The van der Waals surface area contributed by atoms with Gasteiger partial charge in [-0.2, -0.15) is 0 Å². The quantitative estimate of drug-likeness (QED) is 0.369. The first kappa shape index (κ1) is 18.0. The summed E-state index contributed by atoms with van der Waals surface area (Å²) in [5.41, 5.74) is 4.35. The van der Waals surface area contributed by atoms with Crippen LogP contribution >= 0.6 is 0 Å². The van der Waals surface area contributed by atoms with Crippen molar-refractivity contribution in [1.29, 1.82) is 0 Å². The average Bonchev–Trinajstić information content (AvgIpc) is 2.40. The molecule has 0 atom stereocenters. The molecule has 0 saturated heterocycles. The fourth-order valence-corrected chi connectivity index (χ4v) is 1.38. The number of benzene rings is 2. The second-order valence-corrected chi connectivity index (χ2v) is 3.56. The van der Waals surface area contributed by atoms with Crippen LogP contribution in [-0.2, 0) is 25.0 Å². The van der Waals surface area contributed by atoms with E-state index >= 15 is 0 Å². The van der Waals surface area contributed by atoms with Gasteiger partial charge in [0.2, 0.25) is 0 Å². The first-order chi connectivity index (χ1) is 8.77. The molecule has 0 aliphatic heterocycles. The van der Waals surface area contributed by atoms with Gasteiger partial charge in [-0.15, -0.1) is 0 Å². The summed E-state index contributed by atoms with van der Waals surface area (Å²) in [6.45, 7) is 0. The molecule has 20 heavy (non-hydrogen) atoms. The predicted octanol–water partition coefficient (Wildman–Crippen LogP) is 1.38. The van der Waals surface area contributed by atoms with E-state index in [4.69, 9.17) is 0 Å². The molecule has 2 rings (SSSR count). The van der Waals surface area contributed by atoms with Crippen molar-refractivity contribution < 1.29 is 34.9 Å². The van der Waals surface area contributed by atoms with Gasteiger partial charge in [0.15, 0.2) is 0 Å². The minimum absolute atomic E-state index is 0. The molecule has 2 aromatic rings. The van der Waals surface area contributed by atoms with Gasteiger partial charge in [-0.05, 0) is 11.1 Å². The molecule has 98 valence electrons. The first-order valence-corrected chi connectivity index (χ1v) is 5.37. The van der Waals surface area contributed by atoms with Gasteiger partial charge in [0.1, 0.15) is 0 Å². The predicted molar refractivity (Wildman–Crippen MR) is 72.5 cm³/mol. The van der Waals surface area contributed by atoms with Crippen LogP contribution in [0.5, 0.6) is 5.75 Å². The van der Waals surface area contributed by atoms with Crippen LogP contribution in [0.2, 0.25) is 0 Å².